The third kappa shape index (κ3) is 3.87. The average Bonchev–Trinajstić information content (AvgIpc) is 3.12. The van der Waals surface area contributed by atoms with Gasteiger partial charge in [0.15, 0.2) is 0 Å². The van der Waals surface area contributed by atoms with E-state index in [1.165, 1.54) is 16.8 Å². The van der Waals surface area contributed by atoms with Gasteiger partial charge in [0.05, 0.1) is 6.04 Å². The van der Waals surface area contributed by atoms with Gasteiger partial charge in [0.2, 0.25) is 0 Å². The number of nitrogens with zero attached hydrogens (tertiary/aromatic N) is 1. The van der Waals surface area contributed by atoms with E-state index < -0.39 is 0 Å². The molecule has 1 N–H and O–H groups in total. The Morgan fingerprint density at radius 3 is 2.44 bits per heavy atom. The molecule has 27 heavy (non-hydrogen) atoms. The topological polar surface area (TPSA) is 32.3 Å². The van der Waals surface area contributed by atoms with Crippen molar-refractivity contribution < 1.29 is 4.79 Å². The van der Waals surface area contributed by atoms with Crippen LogP contribution < -0.4 is 10.2 Å². The normalized spacial score (nSPS) is 13.9. The van der Waals surface area contributed by atoms with Crippen molar-refractivity contribution in [1.82, 2.24) is 5.32 Å². The first-order valence-corrected chi connectivity index (χ1v) is 9.48. The summed E-state index contributed by atoms with van der Waals surface area (Å²) in [6, 6.07) is 26.6. The number of nitrogens with one attached hydrogen (secondary N) is 1. The highest BCUT2D eigenvalue weighted by Crippen LogP contribution is 2.28. The van der Waals surface area contributed by atoms with Gasteiger partial charge in [0, 0.05) is 24.3 Å². The Morgan fingerprint density at radius 1 is 0.963 bits per heavy atom. The molecule has 136 valence electrons. The molecular weight excluding hydrogens is 332 g/mol. The average molecular weight is 356 g/mol. The Labute approximate surface area is 160 Å². The van der Waals surface area contributed by atoms with E-state index in [2.05, 4.69) is 46.6 Å². The first kappa shape index (κ1) is 17.3. The zero-order chi connectivity index (χ0) is 18.6. The van der Waals surface area contributed by atoms with Crippen molar-refractivity contribution in [2.75, 3.05) is 11.4 Å². The van der Waals surface area contributed by atoms with Crippen LogP contribution in [0.1, 0.15) is 40.0 Å². The molecule has 3 aromatic rings. The molecule has 0 fully saturated rings. The van der Waals surface area contributed by atoms with Crippen LogP contribution in [0.2, 0.25) is 0 Å². The number of benzene rings is 3. The fourth-order valence-corrected chi connectivity index (χ4v) is 3.66. The predicted molar refractivity (Wildman–Crippen MR) is 110 cm³/mol. The first-order valence-electron chi connectivity index (χ1n) is 9.48. The summed E-state index contributed by atoms with van der Waals surface area (Å²) < 4.78 is 0. The summed E-state index contributed by atoms with van der Waals surface area (Å²) in [6.07, 6.45) is 1.11. The number of hydrogen-bond acceptors (Lipinski definition) is 2. The molecular formula is C24H24N2O. The predicted octanol–water partition coefficient (Wildman–Crippen LogP) is 4.74. The van der Waals surface area contributed by atoms with Crippen LogP contribution in [0.3, 0.4) is 0 Å². The molecule has 1 atom stereocenters. The highest BCUT2D eigenvalue weighted by Gasteiger charge is 2.18. The third-order valence-corrected chi connectivity index (χ3v) is 5.22. The summed E-state index contributed by atoms with van der Waals surface area (Å²) in [5.41, 5.74) is 5.78. The van der Waals surface area contributed by atoms with Gasteiger partial charge in [-0.25, -0.2) is 0 Å². The maximum Gasteiger partial charge on any atom is 0.251 e. The second kappa shape index (κ2) is 7.67. The van der Waals surface area contributed by atoms with Crippen LogP contribution in [0.4, 0.5) is 5.69 Å². The zero-order valence-corrected chi connectivity index (χ0v) is 15.6. The molecule has 1 aliphatic rings. The van der Waals surface area contributed by atoms with E-state index in [1.54, 1.807) is 0 Å². The third-order valence-electron chi connectivity index (χ3n) is 5.22. The van der Waals surface area contributed by atoms with Crippen molar-refractivity contribution in [1.29, 1.82) is 0 Å². The van der Waals surface area contributed by atoms with E-state index >= 15 is 0 Å². The van der Waals surface area contributed by atoms with Crippen LogP contribution >= 0.6 is 0 Å². The molecule has 0 radical (unpaired) electrons. The van der Waals surface area contributed by atoms with Gasteiger partial charge < -0.3 is 10.2 Å². The Bertz CT molecular complexity index is 919. The molecule has 1 unspecified atom stereocenters. The van der Waals surface area contributed by atoms with Gasteiger partial charge in [-0.3, -0.25) is 4.79 Å². The smallest absolute Gasteiger partial charge is 0.251 e. The minimum atomic E-state index is -0.0376. The highest BCUT2D eigenvalue weighted by molar-refractivity contribution is 5.94. The monoisotopic (exact) mass is 356 g/mol. The molecule has 0 saturated heterocycles. The Morgan fingerprint density at radius 2 is 1.67 bits per heavy atom. The Balaban J connectivity index is 1.40. The fraction of sp³-hybridized carbons (Fsp3) is 0.208. The minimum absolute atomic E-state index is 0.0144. The number of carbonyl (C=O) groups excluding carboxylic acids is 1. The van der Waals surface area contributed by atoms with Crippen molar-refractivity contribution in [3.63, 3.8) is 0 Å². The van der Waals surface area contributed by atoms with E-state index in [0.29, 0.717) is 5.56 Å². The summed E-state index contributed by atoms with van der Waals surface area (Å²) in [5, 5.41) is 3.07. The van der Waals surface area contributed by atoms with Gasteiger partial charge in [-0.05, 0) is 48.2 Å². The molecule has 0 saturated carbocycles. The lowest BCUT2D eigenvalue weighted by Crippen LogP contribution is -2.26. The lowest BCUT2D eigenvalue weighted by atomic mass is 10.1. The van der Waals surface area contributed by atoms with Gasteiger partial charge in [0.1, 0.15) is 0 Å². The molecule has 3 nitrogen and oxygen atoms in total. The number of para-hydroxylation sites is 1. The molecule has 3 heteroatoms. The van der Waals surface area contributed by atoms with Gasteiger partial charge in [-0.1, -0.05) is 60.7 Å². The summed E-state index contributed by atoms with van der Waals surface area (Å²) in [4.78, 5) is 14.9. The fourth-order valence-electron chi connectivity index (χ4n) is 3.66. The number of fused-ring (bicyclic) bond motifs is 1. The maximum atomic E-state index is 12.5. The van der Waals surface area contributed by atoms with E-state index in [9.17, 15) is 4.79 Å². The number of amides is 1. The Hall–Kier alpha value is -3.07. The minimum Gasteiger partial charge on any atom is -0.367 e. The number of carbonyl (C=O) groups is 1. The lowest BCUT2D eigenvalue weighted by Gasteiger charge is -2.19. The van der Waals surface area contributed by atoms with E-state index in [1.807, 2.05) is 49.4 Å². The second-order valence-electron chi connectivity index (χ2n) is 7.10. The van der Waals surface area contributed by atoms with Crippen LogP contribution in [0, 0.1) is 0 Å². The summed E-state index contributed by atoms with van der Waals surface area (Å²) in [6.45, 7) is 3.93. The molecule has 1 amide bonds. The largest absolute Gasteiger partial charge is 0.367 e. The highest BCUT2D eigenvalue weighted by atomic mass is 16.1. The Kier molecular flexibility index (Phi) is 4.93. The van der Waals surface area contributed by atoms with Crippen LogP contribution in [-0.4, -0.2) is 12.5 Å². The van der Waals surface area contributed by atoms with E-state index in [-0.39, 0.29) is 11.9 Å². The van der Waals surface area contributed by atoms with Crippen molar-refractivity contribution in [3.05, 3.63) is 101 Å². The summed E-state index contributed by atoms with van der Waals surface area (Å²) in [7, 11) is 0. The van der Waals surface area contributed by atoms with Crippen molar-refractivity contribution in [2.24, 2.45) is 0 Å². The lowest BCUT2D eigenvalue weighted by molar-refractivity contribution is 0.0940. The summed E-state index contributed by atoms with van der Waals surface area (Å²) >= 11 is 0. The maximum absolute atomic E-state index is 12.5. The van der Waals surface area contributed by atoms with Crippen molar-refractivity contribution >= 4 is 11.6 Å². The van der Waals surface area contributed by atoms with Crippen molar-refractivity contribution in [2.45, 2.75) is 25.9 Å². The van der Waals surface area contributed by atoms with Gasteiger partial charge in [0.25, 0.3) is 5.91 Å². The van der Waals surface area contributed by atoms with E-state index in [0.717, 1.165) is 25.1 Å². The molecule has 3 aromatic carbocycles. The standard InChI is InChI=1S/C24H24N2O/c1-18(20-7-3-2-4-8-20)25-24(27)22-13-11-19(12-14-22)17-26-16-15-21-9-5-6-10-23(21)26/h2-14,18H,15-17H2,1H3,(H,25,27). The number of hydrogen-bond donors (Lipinski definition) is 1. The molecule has 1 aliphatic heterocycles. The molecule has 0 aliphatic carbocycles. The molecule has 0 aromatic heterocycles. The molecule has 0 spiro atoms. The zero-order valence-electron chi connectivity index (χ0n) is 15.6. The van der Waals surface area contributed by atoms with Crippen LogP contribution in [0.5, 0.6) is 0 Å². The second-order valence-corrected chi connectivity index (χ2v) is 7.10. The first-order chi connectivity index (χ1) is 13.2. The van der Waals surface area contributed by atoms with Crippen LogP contribution in [0.15, 0.2) is 78.9 Å². The number of rotatable bonds is 5. The van der Waals surface area contributed by atoms with Crippen LogP contribution in [0.25, 0.3) is 0 Å². The SMILES string of the molecule is CC(NC(=O)c1ccc(CN2CCc3ccccc32)cc1)c1ccccc1. The van der Waals surface area contributed by atoms with Gasteiger partial charge in [-0.15, -0.1) is 0 Å². The van der Waals surface area contributed by atoms with Crippen LogP contribution in [-0.2, 0) is 13.0 Å². The molecule has 0 bridgehead atoms. The molecule has 1 heterocycles. The quantitative estimate of drug-likeness (QED) is 0.716. The van der Waals surface area contributed by atoms with Gasteiger partial charge >= 0.3 is 0 Å². The number of anilines is 1. The van der Waals surface area contributed by atoms with Crippen molar-refractivity contribution in [3.8, 4) is 0 Å². The summed E-state index contributed by atoms with van der Waals surface area (Å²) in [5.74, 6) is -0.0376. The molecule has 4 rings (SSSR count). The van der Waals surface area contributed by atoms with Gasteiger partial charge in [-0.2, -0.15) is 0 Å². The van der Waals surface area contributed by atoms with E-state index in [4.69, 9.17) is 0 Å².